The Morgan fingerprint density at radius 2 is 1.86 bits per heavy atom. The highest BCUT2D eigenvalue weighted by Gasteiger charge is 2.24. The molecule has 1 amide bonds. The SMILES string of the molecule is COC(=O)C(CCSC)NC(=O)c1ccc(CCCNC2CCCCC2)cc1-c1ccccc1C. The second kappa shape index (κ2) is 14.3. The fourth-order valence-corrected chi connectivity index (χ4v) is 5.28. The Balaban J connectivity index is 1.76. The van der Waals surface area contributed by atoms with Gasteiger partial charge in [-0.05, 0) is 85.9 Å². The average Bonchev–Trinajstić information content (AvgIpc) is 2.89. The van der Waals surface area contributed by atoms with Crippen molar-refractivity contribution < 1.29 is 14.3 Å². The molecule has 6 heteroatoms. The summed E-state index contributed by atoms with van der Waals surface area (Å²) < 4.78 is 4.93. The fourth-order valence-electron chi connectivity index (χ4n) is 4.81. The summed E-state index contributed by atoms with van der Waals surface area (Å²) in [6, 6.07) is 14.2. The minimum Gasteiger partial charge on any atom is -0.467 e. The molecule has 2 N–H and O–H groups in total. The normalized spacial score (nSPS) is 14.9. The van der Waals surface area contributed by atoms with Crippen LogP contribution in [0.5, 0.6) is 0 Å². The highest BCUT2D eigenvalue weighted by molar-refractivity contribution is 7.98. The zero-order valence-corrected chi connectivity index (χ0v) is 22.2. The van der Waals surface area contributed by atoms with Crippen LogP contribution in [0, 0.1) is 6.92 Å². The summed E-state index contributed by atoms with van der Waals surface area (Å²) in [5.41, 5.74) is 4.87. The monoisotopic (exact) mass is 496 g/mol. The van der Waals surface area contributed by atoms with E-state index in [0.717, 1.165) is 41.8 Å². The van der Waals surface area contributed by atoms with Crippen LogP contribution < -0.4 is 10.6 Å². The van der Waals surface area contributed by atoms with E-state index in [1.165, 1.54) is 44.8 Å². The van der Waals surface area contributed by atoms with Gasteiger partial charge in [0.2, 0.25) is 0 Å². The largest absolute Gasteiger partial charge is 0.467 e. The van der Waals surface area contributed by atoms with E-state index >= 15 is 0 Å². The van der Waals surface area contributed by atoms with E-state index in [9.17, 15) is 9.59 Å². The molecule has 0 aliphatic heterocycles. The average molecular weight is 497 g/mol. The van der Waals surface area contributed by atoms with Crippen LogP contribution >= 0.6 is 11.8 Å². The van der Waals surface area contributed by atoms with Crippen LogP contribution in [0.3, 0.4) is 0 Å². The maximum absolute atomic E-state index is 13.4. The molecule has 2 aromatic rings. The summed E-state index contributed by atoms with van der Waals surface area (Å²) >= 11 is 1.64. The van der Waals surface area contributed by atoms with Gasteiger partial charge >= 0.3 is 5.97 Å². The number of thioether (sulfide) groups is 1. The molecule has 190 valence electrons. The third-order valence-electron chi connectivity index (χ3n) is 6.85. The van der Waals surface area contributed by atoms with Crippen molar-refractivity contribution in [3.63, 3.8) is 0 Å². The molecule has 1 fully saturated rings. The molecule has 3 rings (SSSR count). The van der Waals surface area contributed by atoms with Crippen LogP contribution in [-0.2, 0) is 16.0 Å². The molecule has 1 saturated carbocycles. The minimum absolute atomic E-state index is 0.245. The number of hydrogen-bond donors (Lipinski definition) is 2. The molecule has 5 nitrogen and oxygen atoms in total. The van der Waals surface area contributed by atoms with Gasteiger partial charge in [-0.25, -0.2) is 4.79 Å². The summed E-state index contributed by atoms with van der Waals surface area (Å²) in [6.45, 7) is 3.08. The number of methoxy groups -OCH3 is 1. The second-order valence-corrected chi connectivity index (χ2v) is 10.4. The van der Waals surface area contributed by atoms with Crippen molar-refractivity contribution in [1.29, 1.82) is 0 Å². The van der Waals surface area contributed by atoms with E-state index in [1.807, 2.05) is 30.5 Å². The van der Waals surface area contributed by atoms with Gasteiger partial charge in [-0.1, -0.05) is 55.7 Å². The molecule has 1 atom stereocenters. The molecule has 2 aromatic carbocycles. The van der Waals surface area contributed by atoms with Gasteiger partial charge in [-0.2, -0.15) is 11.8 Å². The van der Waals surface area contributed by atoms with Gasteiger partial charge in [0.25, 0.3) is 5.91 Å². The maximum atomic E-state index is 13.4. The summed E-state index contributed by atoms with van der Waals surface area (Å²) in [5, 5.41) is 6.64. The van der Waals surface area contributed by atoms with Crippen LogP contribution in [0.2, 0.25) is 0 Å². The number of rotatable bonds is 12. The quantitative estimate of drug-likeness (QED) is 0.298. The first kappa shape index (κ1) is 27.3. The summed E-state index contributed by atoms with van der Waals surface area (Å²) in [5.74, 6) is 0.107. The van der Waals surface area contributed by atoms with E-state index < -0.39 is 12.0 Å². The molecule has 1 aliphatic carbocycles. The molecule has 0 radical (unpaired) electrons. The van der Waals surface area contributed by atoms with Crippen LogP contribution in [0.25, 0.3) is 11.1 Å². The molecular weight excluding hydrogens is 456 g/mol. The standard InChI is InChI=1S/C29H40N2O3S/c1-21-10-7-8-14-24(21)26-20-22(11-9-18-30-23-12-5-4-6-13-23)15-16-25(26)28(32)31-27(17-19-35-3)29(33)34-2/h7-8,10,14-16,20,23,27,30H,4-6,9,11-13,17-19H2,1-3H3,(H,31,32). The zero-order valence-electron chi connectivity index (χ0n) is 21.4. The molecule has 0 aromatic heterocycles. The Morgan fingerprint density at radius 3 is 2.57 bits per heavy atom. The molecule has 0 heterocycles. The van der Waals surface area contributed by atoms with Gasteiger partial charge in [-0.3, -0.25) is 4.79 Å². The molecule has 0 bridgehead atoms. The number of aryl methyl sites for hydroxylation is 2. The lowest BCUT2D eigenvalue weighted by Crippen LogP contribution is -2.42. The van der Waals surface area contributed by atoms with E-state index in [0.29, 0.717) is 18.0 Å². The van der Waals surface area contributed by atoms with Crippen LogP contribution in [-0.4, -0.2) is 49.6 Å². The second-order valence-electron chi connectivity index (χ2n) is 9.42. The fraction of sp³-hybridized carbons (Fsp3) is 0.517. The van der Waals surface area contributed by atoms with Crippen molar-refractivity contribution in [2.45, 2.75) is 70.4 Å². The van der Waals surface area contributed by atoms with Crippen molar-refractivity contribution in [2.75, 3.05) is 25.7 Å². The number of carbonyl (C=O) groups excluding carboxylic acids is 2. The summed E-state index contributed by atoms with van der Waals surface area (Å²) in [4.78, 5) is 25.6. The summed E-state index contributed by atoms with van der Waals surface area (Å²) in [7, 11) is 1.36. The third kappa shape index (κ3) is 8.11. The molecule has 1 unspecified atom stereocenters. The highest BCUT2D eigenvalue weighted by Crippen LogP contribution is 2.29. The first-order valence-electron chi connectivity index (χ1n) is 12.8. The van der Waals surface area contributed by atoms with Crippen LogP contribution in [0.1, 0.15) is 66.4 Å². The predicted octanol–water partition coefficient (Wildman–Crippen LogP) is 5.54. The number of carbonyl (C=O) groups is 2. The van der Waals surface area contributed by atoms with Gasteiger partial charge in [0.15, 0.2) is 0 Å². The molecule has 0 saturated heterocycles. The summed E-state index contributed by atoms with van der Waals surface area (Å²) in [6.07, 6.45) is 11.2. The van der Waals surface area contributed by atoms with Gasteiger partial charge in [-0.15, -0.1) is 0 Å². The van der Waals surface area contributed by atoms with E-state index in [4.69, 9.17) is 4.74 Å². The molecule has 0 spiro atoms. The Morgan fingerprint density at radius 1 is 1.09 bits per heavy atom. The molecule has 35 heavy (non-hydrogen) atoms. The Kier molecular flexibility index (Phi) is 11.1. The number of amides is 1. The van der Waals surface area contributed by atoms with Crippen molar-refractivity contribution >= 4 is 23.6 Å². The van der Waals surface area contributed by atoms with Gasteiger partial charge in [0.1, 0.15) is 6.04 Å². The first-order chi connectivity index (χ1) is 17.0. The number of hydrogen-bond acceptors (Lipinski definition) is 5. The lowest BCUT2D eigenvalue weighted by atomic mass is 9.92. The predicted molar refractivity (Wildman–Crippen MR) is 146 cm³/mol. The first-order valence-corrected chi connectivity index (χ1v) is 14.2. The number of esters is 1. The lowest BCUT2D eigenvalue weighted by Gasteiger charge is -2.22. The van der Waals surface area contributed by atoms with E-state index in [1.54, 1.807) is 11.8 Å². The maximum Gasteiger partial charge on any atom is 0.328 e. The molecule has 1 aliphatic rings. The Labute approximate surface area is 214 Å². The van der Waals surface area contributed by atoms with Gasteiger partial charge < -0.3 is 15.4 Å². The number of ether oxygens (including phenoxy) is 1. The van der Waals surface area contributed by atoms with E-state index in [2.05, 4.69) is 35.8 Å². The highest BCUT2D eigenvalue weighted by atomic mass is 32.2. The Bertz CT molecular complexity index is 972. The zero-order chi connectivity index (χ0) is 25.0. The van der Waals surface area contributed by atoms with Crippen molar-refractivity contribution in [3.8, 4) is 11.1 Å². The number of nitrogens with one attached hydrogen (secondary N) is 2. The van der Waals surface area contributed by atoms with Crippen molar-refractivity contribution in [1.82, 2.24) is 10.6 Å². The smallest absolute Gasteiger partial charge is 0.328 e. The van der Waals surface area contributed by atoms with Crippen LogP contribution in [0.4, 0.5) is 0 Å². The van der Waals surface area contributed by atoms with Crippen molar-refractivity contribution in [3.05, 3.63) is 59.2 Å². The van der Waals surface area contributed by atoms with Gasteiger partial charge in [0.05, 0.1) is 7.11 Å². The molecular formula is C29H40N2O3S. The minimum atomic E-state index is -0.657. The third-order valence-corrected chi connectivity index (χ3v) is 7.49. The number of benzene rings is 2. The van der Waals surface area contributed by atoms with Gasteiger partial charge in [0, 0.05) is 11.6 Å². The Hall–Kier alpha value is -2.31. The van der Waals surface area contributed by atoms with Crippen LogP contribution in [0.15, 0.2) is 42.5 Å². The van der Waals surface area contributed by atoms with E-state index in [-0.39, 0.29) is 5.91 Å². The topological polar surface area (TPSA) is 67.4 Å². The lowest BCUT2D eigenvalue weighted by molar-refractivity contribution is -0.142. The van der Waals surface area contributed by atoms with Crippen molar-refractivity contribution in [2.24, 2.45) is 0 Å².